The van der Waals surface area contributed by atoms with Crippen molar-refractivity contribution in [2.45, 2.75) is 18.5 Å². The first-order chi connectivity index (χ1) is 15.1. The van der Waals surface area contributed by atoms with Gasteiger partial charge in [-0.25, -0.2) is 0 Å². The van der Waals surface area contributed by atoms with E-state index in [9.17, 15) is 14.9 Å². The maximum Gasteiger partial charge on any atom is 0.277 e. The fourth-order valence-electron chi connectivity index (χ4n) is 5.02. The number of benzene rings is 2. The number of carbonyl (C=O) groups is 1. The Morgan fingerprint density at radius 2 is 1.76 bits per heavy atom. The fraction of sp³-hybridized carbons (Fsp3) is 0.500. The number of nitrogens with one attached hydrogen (secondary N) is 1. The van der Waals surface area contributed by atoms with Crippen molar-refractivity contribution >= 4 is 64.6 Å². The largest absolute Gasteiger partial charge is 0.368 e. The van der Waals surface area contributed by atoms with Gasteiger partial charge in [-0.05, 0) is 18.6 Å². The Bertz CT molecular complexity index is 999. The van der Waals surface area contributed by atoms with Crippen molar-refractivity contribution in [3.8, 4) is 0 Å². The SMILES string of the molecule is Cl.Cl.O=C([C@@H]1C[C@H](N2CCN(c3ccc([N+](=O)[O-])c4ccccc34)CC2)CN1)N1CCSC1. The smallest absolute Gasteiger partial charge is 0.277 e. The number of amides is 1. The van der Waals surface area contributed by atoms with Gasteiger partial charge in [0.15, 0.2) is 0 Å². The molecule has 0 radical (unpaired) electrons. The van der Waals surface area contributed by atoms with Crippen molar-refractivity contribution < 1.29 is 9.72 Å². The van der Waals surface area contributed by atoms with E-state index in [-0.39, 0.29) is 47.4 Å². The molecule has 11 heteroatoms. The Labute approximate surface area is 210 Å². The molecular weight excluding hydrogens is 485 g/mol. The summed E-state index contributed by atoms with van der Waals surface area (Å²) in [4.78, 5) is 30.6. The molecule has 3 aliphatic rings. The molecule has 5 rings (SSSR count). The maximum atomic E-state index is 12.7. The Morgan fingerprint density at radius 1 is 1.03 bits per heavy atom. The number of hydrogen-bond donors (Lipinski definition) is 1. The van der Waals surface area contributed by atoms with E-state index in [4.69, 9.17) is 0 Å². The Hall–Kier alpha value is -1.78. The van der Waals surface area contributed by atoms with Crippen LogP contribution in [0.2, 0.25) is 0 Å². The van der Waals surface area contributed by atoms with Crippen molar-refractivity contribution in [3.63, 3.8) is 0 Å². The number of piperazine rings is 1. The zero-order chi connectivity index (χ0) is 21.4. The number of nitro groups is 1. The van der Waals surface area contributed by atoms with Crippen molar-refractivity contribution in [1.82, 2.24) is 15.1 Å². The van der Waals surface area contributed by atoms with Crippen LogP contribution >= 0.6 is 36.6 Å². The number of rotatable bonds is 4. The number of hydrogen-bond acceptors (Lipinski definition) is 7. The van der Waals surface area contributed by atoms with Gasteiger partial charge in [0.25, 0.3) is 5.69 Å². The zero-order valence-electron chi connectivity index (χ0n) is 18.2. The molecule has 0 aliphatic carbocycles. The highest BCUT2D eigenvalue weighted by Crippen LogP contribution is 2.34. The number of carbonyl (C=O) groups excluding carboxylic acids is 1. The average Bonchev–Trinajstić information content (AvgIpc) is 3.50. The van der Waals surface area contributed by atoms with Crippen LogP contribution in [-0.4, -0.2) is 83.6 Å². The third kappa shape index (κ3) is 5.17. The van der Waals surface area contributed by atoms with Crippen LogP contribution in [0.5, 0.6) is 0 Å². The van der Waals surface area contributed by atoms with Gasteiger partial charge in [0.1, 0.15) is 0 Å². The van der Waals surface area contributed by atoms with Gasteiger partial charge in [0.2, 0.25) is 5.91 Å². The number of non-ortho nitro benzene ring substituents is 1. The second-order valence-electron chi connectivity index (χ2n) is 8.42. The van der Waals surface area contributed by atoms with Crippen LogP contribution in [0.25, 0.3) is 10.8 Å². The molecule has 3 heterocycles. The van der Waals surface area contributed by atoms with E-state index in [1.54, 1.807) is 6.07 Å². The molecule has 0 unspecified atom stereocenters. The van der Waals surface area contributed by atoms with E-state index in [1.807, 2.05) is 47.0 Å². The first kappa shape index (κ1) is 25.8. The summed E-state index contributed by atoms with van der Waals surface area (Å²) in [6.45, 7) is 5.34. The molecule has 0 saturated carbocycles. The number of fused-ring (bicyclic) bond motifs is 1. The minimum atomic E-state index is -0.310. The molecule has 0 spiro atoms. The molecular formula is C22H29Cl2N5O3S. The highest BCUT2D eigenvalue weighted by molar-refractivity contribution is 7.99. The first-order valence-corrected chi connectivity index (χ1v) is 12.0. The van der Waals surface area contributed by atoms with Gasteiger partial charge >= 0.3 is 0 Å². The van der Waals surface area contributed by atoms with Gasteiger partial charge in [-0.1, -0.05) is 18.2 Å². The van der Waals surface area contributed by atoms with Gasteiger partial charge in [-0.3, -0.25) is 19.8 Å². The minimum Gasteiger partial charge on any atom is -0.368 e. The quantitative estimate of drug-likeness (QED) is 0.496. The predicted molar refractivity (Wildman–Crippen MR) is 138 cm³/mol. The van der Waals surface area contributed by atoms with Crippen LogP contribution in [0.4, 0.5) is 11.4 Å². The molecule has 2 aromatic carbocycles. The second-order valence-corrected chi connectivity index (χ2v) is 9.49. The molecule has 2 atom stereocenters. The second kappa shape index (κ2) is 11.1. The standard InChI is InChI=1S/C22H27N5O3S.2ClH/c28-22(26-11-12-31-15-26)19-13-16(14-23-19)24-7-9-25(10-8-24)20-5-6-21(27(29)30)18-4-2-1-3-17(18)20;;/h1-6,16,19,23H,7-15H2;2*1H/t16-,19-;;/m0../s1. The molecule has 3 aliphatic heterocycles. The molecule has 0 bridgehead atoms. The summed E-state index contributed by atoms with van der Waals surface area (Å²) in [5.41, 5.74) is 1.21. The van der Waals surface area contributed by atoms with E-state index in [1.165, 1.54) is 0 Å². The summed E-state index contributed by atoms with van der Waals surface area (Å²) in [5.74, 6) is 2.12. The van der Waals surface area contributed by atoms with E-state index < -0.39 is 0 Å². The van der Waals surface area contributed by atoms with Crippen LogP contribution < -0.4 is 10.2 Å². The van der Waals surface area contributed by atoms with Gasteiger partial charge < -0.3 is 15.1 Å². The lowest BCUT2D eigenvalue weighted by molar-refractivity contribution is -0.383. The van der Waals surface area contributed by atoms with Gasteiger partial charge in [-0.2, -0.15) is 0 Å². The number of thioether (sulfide) groups is 1. The highest BCUT2D eigenvalue weighted by atomic mass is 35.5. The molecule has 3 saturated heterocycles. The topological polar surface area (TPSA) is 82.0 Å². The Kier molecular flexibility index (Phi) is 8.69. The Morgan fingerprint density at radius 3 is 2.42 bits per heavy atom. The lowest BCUT2D eigenvalue weighted by Gasteiger charge is -2.39. The summed E-state index contributed by atoms with van der Waals surface area (Å²) >= 11 is 1.82. The predicted octanol–water partition coefficient (Wildman–Crippen LogP) is 2.98. The summed E-state index contributed by atoms with van der Waals surface area (Å²) in [6, 6.07) is 11.4. The number of nitrogens with zero attached hydrogens (tertiary/aromatic N) is 4. The number of halogens is 2. The lowest BCUT2D eigenvalue weighted by Crippen LogP contribution is -2.51. The maximum absolute atomic E-state index is 12.7. The van der Waals surface area contributed by atoms with E-state index in [2.05, 4.69) is 15.1 Å². The molecule has 1 N–H and O–H groups in total. The van der Waals surface area contributed by atoms with E-state index in [0.29, 0.717) is 11.4 Å². The van der Waals surface area contributed by atoms with Crippen molar-refractivity contribution in [2.75, 3.05) is 55.8 Å². The number of nitro benzene ring substituents is 1. The summed E-state index contributed by atoms with van der Waals surface area (Å²) in [6.07, 6.45) is 0.875. The van der Waals surface area contributed by atoms with Crippen LogP contribution in [-0.2, 0) is 4.79 Å². The molecule has 1 amide bonds. The molecule has 0 aromatic heterocycles. The summed E-state index contributed by atoms with van der Waals surface area (Å²) in [7, 11) is 0. The van der Waals surface area contributed by atoms with E-state index >= 15 is 0 Å². The minimum absolute atomic E-state index is 0. The molecule has 8 nitrogen and oxygen atoms in total. The molecule has 180 valence electrons. The normalized spacial score (nSPS) is 23.3. The fourth-order valence-corrected chi connectivity index (χ4v) is 5.98. The monoisotopic (exact) mass is 513 g/mol. The van der Waals surface area contributed by atoms with Crippen LogP contribution in [0.3, 0.4) is 0 Å². The third-order valence-electron chi connectivity index (χ3n) is 6.72. The third-order valence-corrected chi connectivity index (χ3v) is 7.68. The summed E-state index contributed by atoms with van der Waals surface area (Å²) < 4.78 is 0. The van der Waals surface area contributed by atoms with Gasteiger partial charge in [-0.15, -0.1) is 36.6 Å². The Balaban J connectivity index is 0.00000153. The van der Waals surface area contributed by atoms with E-state index in [0.717, 1.165) is 68.4 Å². The molecule has 2 aromatic rings. The van der Waals surface area contributed by atoms with Crippen molar-refractivity contribution in [1.29, 1.82) is 0 Å². The first-order valence-electron chi connectivity index (χ1n) is 10.9. The highest BCUT2D eigenvalue weighted by Gasteiger charge is 2.36. The number of anilines is 1. The van der Waals surface area contributed by atoms with Gasteiger partial charge in [0, 0.05) is 68.2 Å². The van der Waals surface area contributed by atoms with Crippen molar-refractivity contribution in [2.24, 2.45) is 0 Å². The lowest BCUT2D eigenvalue weighted by atomic mass is 10.0. The van der Waals surface area contributed by atoms with Crippen LogP contribution in [0.1, 0.15) is 6.42 Å². The molecule has 33 heavy (non-hydrogen) atoms. The average molecular weight is 514 g/mol. The summed E-state index contributed by atoms with van der Waals surface area (Å²) in [5, 5.41) is 16.5. The van der Waals surface area contributed by atoms with Gasteiger partial charge in [0.05, 0.1) is 22.2 Å². The molecule has 3 fully saturated rings. The van der Waals surface area contributed by atoms with Crippen LogP contribution in [0, 0.1) is 10.1 Å². The zero-order valence-corrected chi connectivity index (χ0v) is 20.7. The van der Waals surface area contributed by atoms with Crippen LogP contribution in [0.15, 0.2) is 36.4 Å². The van der Waals surface area contributed by atoms with Crippen molar-refractivity contribution in [3.05, 3.63) is 46.5 Å².